The van der Waals surface area contributed by atoms with Crippen LogP contribution in [0.25, 0.3) is 0 Å². The lowest BCUT2D eigenvalue weighted by molar-refractivity contribution is -0.125. The number of benzene rings is 1. The second-order valence-corrected chi connectivity index (χ2v) is 8.28. The molecule has 0 spiro atoms. The Hall–Kier alpha value is -3.22. The smallest absolute Gasteiger partial charge is 0.405 e. The van der Waals surface area contributed by atoms with Crippen molar-refractivity contribution < 1.29 is 33.4 Å². The van der Waals surface area contributed by atoms with E-state index < -0.39 is 29.8 Å². The van der Waals surface area contributed by atoms with E-state index in [4.69, 9.17) is 21.4 Å². The number of nitrogens with one attached hydrogen (secondary N) is 3. The summed E-state index contributed by atoms with van der Waals surface area (Å²) < 4.78 is 20.0. The Balaban J connectivity index is 1.66. The molecule has 2 heterocycles. The third kappa shape index (κ3) is 5.93. The number of carbonyl (C=O) groups is 4. The summed E-state index contributed by atoms with van der Waals surface area (Å²) in [4.78, 5) is 49.2. The lowest BCUT2D eigenvalue weighted by atomic mass is 10.2. The number of carboxylic acid groups (broad SMARTS) is 1. The average molecular weight is 485 g/mol. The molecule has 4 amide bonds. The number of nitrogens with zero attached hydrogens (tertiary/aromatic N) is 1. The number of anilines is 2. The van der Waals surface area contributed by atoms with Gasteiger partial charge < -0.3 is 30.7 Å². The van der Waals surface area contributed by atoms with Gasteiger partial charge in [0.2, 0.25) is 5.91 Å². The monoisotopic (exact) mass is 484 g/mol. The molecular weight excluding hydrogens is 467 g/mol. The fraction of sp³-hybridized carbons (Fsp3) is 0.263. The van der Waals surface area contributed by atoms with Crippen molar-refractivity contribution in [2.45, 2.75) is 6.04 Å². The molecule has 170 valence electrons. The van der Waals surface area contributed by atoms with E-state index in [9.17, 15) is 23.6 Å². The fourth-order valence-electron chi connectivity index (χ4n) is 2.88. The summed E-state index contributed by atoms with van der Waals surface area (Å²) in [6.45, 7) is -0.0317. The van der Waals surface area contributed by atoms with Crippen LogP contribution >= 0.6 is 22.9 Å². The number of hydrogen-bond acceptors (Lipinski definition) is 6. The summed E-state index contributed by atoms with van der Waals surface area (Å²) in [6, 6.07) is 5.39. The highest BCUT2D eigenvalue weighted by Gasteiger charge is 2.25. The topological polar surface area (TPSA) is 137 Å². The van der Waals surface area contributed by atoms with Crippen LogP contribution in [0.5, 0.6) is 0 Å². The molecule has 1 aromatic carbocycles. The SMILES string of the molecule is O=C(O)N[C@H](CNC(=O)c1ccc(Cl)s1)C(=O)Nc1ccc(N2CCOCC2=O)c(F)c1. The number of thiophene rings is 1. The Morgan fingerprint density at radius 1 is 1.28 bits per heavy atom. The Bertz CT molecular complexity index is 1050. The first-order chi connectivity index (χ1) is 15.2. The Kier molecular flexibility index (Phi) is 7.62. The van der Waals surface area contributed by atoms with E-state index in [0.29, 0.717) is 9.21 Å². The van der Waals surface area contributed by atoms with E-state index in [-0.39, 0.29) is 43.6 Å². The van der Waals surface area contributed by atoms with Gasteiger partial charge in [-0.25, -0.2) is 9.18 Å². The Morgan fingerprint density at radius 3 is 2.69 bits per heavy atom. The van der Waals surface area contributed by atoms with Crippen LogP contribution in [-0.4, -0.2) is 61.3 Å². The van der Waals surface area contributed by atoms with Crippen LogP contribution in [0.15, 0.2) is 30.3 Å². The molecule has 0 aliphatic carbocycles. The van der Waals surface area contributed by atoms with Gasteiger partial charge in [0.1, 0.15) is 18.5 Å². The van der Waals surface area contributed by atoms with Crippen molar-refractivity contribution in [3.63, 3.8) is 0 Å². The highest BCUT2D eigenvalue weighted by molar-refractivity contribution is 7.18. The molecule has 1 aliphatic heterocycles. The van der Waals surface area contributed by atoms with Gasteiger partial charge in [-0.2, -0.15) is 0 Å². The van der Waals surface area contributed by atoms with Crippen LogP contribution in [0.4, 0.5) is 20.6 Å². The number of amides is 4. The maximum atomic E-state index is 14.6. The van der Waals surface area contributed by atoms with E-state index in [1.165, 1.54) is 29.2 Å². The molecule has 2 aromatic rings. The molecule has 13 heteroatoms. The minimum atomic E-state index is -1.48. The van der Waals surface area contributed by atoms with Crippen LogP contribution in [0, 0.1) is 5.82 Å². The number of rotatable bonds is 7. The van der Waals surface area contributed by atoms with Crippen molar-refractivity contribution in [1.29, 1.82) is 0 Å². The summed E-state index contributed by atoms with van der Waals surface area (Å²) in [7, 11) is 0. The summed E-state index contributed by atoms with van der Waals surface area (Å²) in [6.07, 6.45) is -1.48. The first-order valence-electron chi connectivity index (χ1n) is 9.26. The summed E-state index contributed by atoms with van der Waals surface area (Å²) >= 11 is 6.81. The highest BCUT2D eigenvalue weighted by Crippen LogP contribution is 2.24. The number of morpholine rings is 1. The van der Waals surface area contributed by atoms with Crippen molar-refractivity contribution in [3.05, 3.63) is 45.4 Å². The summed E-state index contributed by atoms with van der Waals surface area (Å²) in [5.41, 5.74) is 0.0869. The fourth-order valence-corrected chi connectivity index (χ4v) is 3.84. The molecule has 4 N–H and O–H groups in total. The zero-order chi connectivity index (χ0) is 23.3. The lowest BCUT2D eigenvalue weighted by Crippen LogP contribution is -2.50. The molecular formula is C19H18ClFN4O6S. The predicted octanol–water partition coefficient (Wildman–Crippen LogP) is 1.91. The van der Waals surface area contributed by atoms with Crippen molar-refractivity contribution in [2.75, 3.05) is 36.5 Å². The second-order valence-electron chi connectivity index (χ2n) is 6.57. The van der Waals surface area contributed by atoms with Gasteiger partial charge in [0.25, 0.3) is 11.8 Å². The van der Waals surface area contributed by atoms with Gasteiger partial charge in [-0.05, 0) is 30.3 Å². The van der Waals surface area contributed by atoms with E-state index in [1.807, 2.05) is 5.32 Å². The molecule has 0 saturated carbocycles. The molecule has 1 aromatic heterocycles. The quantitative estimate of drug-likeness (QED) is 0.474. The van der Waals surface area contributed by atoms with E-state index >= 15 is 0 Å². The minimum Gasteiger partial charge on any atom is -0.465 e. The minimum absolute atomic E-state index is 0.0402. The molecule has 1 fully saturated rings. The van der Waals surface area contributed by atoms with Crippen molar-refractivity contribution >= 4 is 58.1 Å². The van der Waals surface area contributed by atoms with Crippen molar-refractivity contribution in [1.82, 2.24) is 10.6 Å². The molecule has 0 bridgehead atoms. The van der Waals surface area contributed by atoms with Gasteiger partial charge in [0.15, 0.2) is 0 Å². The van der Waals surface area contributed by atoms with Crippen LogP contribution < -0.4 is 20.9 Å². The van der Waals surface area contributed by atoms with Crippen LogP contribution in [0.3, 0.4) is 0 Å². The van der Waals surface area contributed by atoms with Gasteiger partial charge in [-0.1, -0.05) is 11.6 Å². The number of halogens is 2. The number of ether oxygens (including phenoxy) is 1. The Morgan fingerprint density at radius 2 is 2.06 bits per heavy atom. The standard InChI is InChI=1S/C19H18ClFN4O6S/c20-15-4-3-14(32-15)18(28)22-8-12(24-19(29)30)17(27)23-10-1-2-13(11(21)7-10)25-5-6-31-9-16(25)26/h1-4,7,12,24H,5-6,8-9H2,(H,22,28)(H,23,27)(H,29,30)/t12-/m1/s1. The van der Waals surface area contributed by atoms with E-state index in [1.54, 1.807) is 0 Å². The third-order valence-corrected chi connectivity index (χ3v) is 5.60. The molecule has 0 unspecified atom stereocenters. The predicted molar refractivity (Wildman–Crippen MR) is 115 cm³/mol. The summed E-state index contributed by atoms with van der Waals surface area (Å²) in [5.74, 6) is -2.48. The molecule has 1 atom stereocenters. The number of carbonyl (C=O) groups excluding carboxylic acids is 3. The molecule has 32 heavy (non-hydrogen) atoms. The lowest BCUT2D eigenvalue weighted by Gasteiger charge is -2.27. The van der Waals surface area contributed by atoms with Crippen molar-refractivity contribution in [3.8, 4) is 0 Å². The molecule has 1 aliphatic rings. The first-order valence-corrected chi connectivity index (χ1v) is 10.5. The van der Waals surface area contributed by atoms with Crippen LogP contribution in [-0.2, 0) is 14.3 Å². The van der Waals surface area contributed by atoms with Crippen LogP contribution in [0.2, 0.25) is 4.34 Å². The van der Waals surface area contributed by atoms with Crippen LogP contribution in [0.1, 0.15) is 9.67 Å². The van der Waals surface area contributed by atoms with Crippen molar-refractivity contribution in [2.24, 2.45) is 0 Å². The van der Waals surface area contributed by atoms with E-state index in [0.717, 1.165) is 17.4 Å². The zero-order valence-electron chi connectivity index (χ0n) is 16.4. The zero-order valence-corrected chi connectivity index (χ0v) is 18.0. The highest BCUT2D eigenvalue weighted by atomic mass is 35.5. The van der Waals surface area contributed by atoms with E-state index in [2.05, 4.69) is 10.6 Å². The molecule has 0 radical (unpaired) electrons. The van der Waals surface area contributed by atoms with Gasteiger partial charge >= 0.3 is 6.09 Å². The first kappa shape index (κ1) is 23.4. The van der Waals surface area contributed by atoms with Gasteiger partial charge in [0.05, 0.1) is 21.5 Å². The maximum absolute atomic E-state index is 14.6. The maximum Gasteiger partial charge on any atom is 0.405 e. The molecule has 3 rings (SSSR count). The van der Waals surface area contributed by atoms with Gasteiger partial charge in [-0.3, -0.25) is 14.4 Å². The average Bonchev–Trinajstić information content (AvgIpc) is 3.18. The molecule has 10 nitrogen and oxygen atoms in total. The largest absolute Gasteiger partial charge is 0.465 e. The normalized spacial score (nSPS) is 14.6. The summed E-state index contributed by atoms with van der Waals surface area (Å²) in [5, 5.41) is 15.9. The van der Waals surface area contributed by atoms with Gasteiger partial charge in [0, 0.05) is 18.8 Å². The number of hydrogen-bond donors (Lipinski definition) is 4. The third-order valence-electron chi connectivity index (χ3n) is 4.37. The van der Waals surface area contributed by atoms with Gasteiger partial charge in [-0.15, -0.1) is 11.3 Å². The molecule has 1 saturated heterocycles. The second kappa shape index (κ2) is 10.4. The Labute approximate surface area is 190 Å².